The molecular weight excluding hydrogens is 549 g/mol. The molecule has 0 spiro atoms. The van der Waals surface area contributed by atoms with Crippen molar-refractivity contribution in [3.63, 3.8) is 0 Å². The molecule has 11 heteroatoms. The minimum Gasteiger partial charge on any atom is -0.406 e. The molecule has 1 aliphatic rings. The number of rotatable bonds is 8. The molecule has 1 fully saturated rings. The van der Waals surface area contributed by atoms with Gasteiger partial charge in [-0.2, -0.15) is 5.10 Å². The van der Waals surface area contributed by atoms with E-state index in [1.54, 1.807) is 18.0 Å². The Balaban J connectivity index is 1.27. The lowest BCUT2D eigenvalue weighted by Gasteiger charge is -2.27. The van der Waals surface area contributed by atoms with Crippen LogP contribution >= 0.6 is 11.8 Å². The number of thioether (sulfide) groups is 1. The maximum atomic E-state index is 12.4. The van der Waals surface area contributed by atoms with Crippen molar-refractivity contribution >= 4 is 28.8 Å². The number of para-hydroxylation sites is 1. The fraction of sp³-hybridized carbons (Fsp3) is 0.267. The van der Waals surface area contributed by atoms with Gasteiger partial charge in [0.15, 0.2) is 11.0 Å². The summed E-state index contributed by atoms with van der Waals surface area (Å²) in [6.07, 6.45) is -0.447. The van der Waals surface area contributed by atoms with Gasteiger partial charge in [0.2, 0.25) is 0 Å². The van der Waals surface area contributed by atoms with Crippen molar-refractivity contribution in [1.29, 1.82) is 0 Å². The van der Waals surface area contributed by atoms with Gasteiger partial charge in [-0.3, -0.25) is 0 Å². The summed E-state index contributed by atoms with van der Waals surface area (Å²) in [7, 11) is 0. The normalized spacial score (nSPS) is 17.5. The summed E-state index contributed by atoms with van der Waals surface area (Å²) in [5, 5.41) is 14.3. The van der Waals surface area contributed by atoms with Gasteiger partial charge < -0.3 is 9.64 Å². The maximum absolute atomic E-state index is 12.4. The van der Waals surface area contributed by atoms with Crippen molar-refractivity contribution in [1.82, 2.24) is 14.8 Å². The Morgan fingerprint density at radius 2 is 1.80 bits per heavy atom. The number of hydrogen-bond donors (Lipinski definition) is 0. The molecule has 0 bridgehead atoms. The van der Waals surface area contributed by atoms with E-state index in [1.807, 2.05) is 24.3 Å². The van der Waals surface area contributed by atoms with E-state index < -0.39 is 6.36 Å². The lowest BCUT2D eigenvalue weighted by atomic mass is 9.96. The van der Waals surface area contributed by atoms with Gasteiger partial charge in [-0.25, -0.2) is 9.67 Å². The highest BCUT2D eigenvalue weighted by atomic mass is 32.2. The number of nitrogens with zero attached hydrogens (tertiary/aromatic N) is 6. The molecule has 7 nitrogen and oxygen atoms in total. The molecule has 2 heterocycles. The van der Waals surface area contributed by atoms with Gasteiger partial charge in [-0.1, -0.05) is 68.1 Å². The average molecular weight is 579 g/mol. The first-order valence-electron chi connectivity index (χ1n) is 13.2. The maximum Gasteiger partial charge on any atom is 0.573 e. The Morgan fingerprint density at radius 3 is 2.51 bits per heavy atom. The summed E-state index contributed by atoms with van der Waals surface area (Å²) in [6, 6.07) is 21.8. The third-order valence-corrected chi connectivity index (χ3v) is 7.97. The molecule has 1 aromatic heterocycles. The summed E-state index contributed by atoms with van der Waals surface area (Å²) in [5.74, 6) is 1.58. The Hall–Kier alpha value is -4.12. The predicted molar refractivity (Wildman–Crippen MR) is 158 cm³/mol. The molecule has 0 saturated carbocycles. The molecule has 3 aromatic carbocycles. The van der Waals surface area contributed by atoms with Gasteiger partial charge in [0, 0.05) is 23.0 Å². The van der Waals surface area contributed by atoms with Crippen molar-refractivity contribution in [3.05, 3.63) is 90.3 Å². The van der Waals surface area contributed by atoms with Crippen LogP contribution in [0.1, 0.15) is 44.2 Å². The van der Waals surface area contributed by atoms with E-state index in [1.165, 1.54) is 46.5 Å². The van der Waals surface area contributed by atoms with Crippen molar-refractivity contribution in [2.45, 2.75) is 45.5 Å². The lowest BCUT2D eigenvalue weighted by molar-refractivity contribution is -0.274. The topological polar surface area (TPSA) is 67.9 Å². The Morgan fingerprint density at radius 1 is 1.07 bits per heavy atom. The number of aromatic nitrogens is 3. The standard InChI is InChI=1S/C30H29F3N6OS/c1-4-20(2)26-7-5-6-8-27(26)39-21(3)18-41-29(39)36-35-17-22-9-11-23(12-10-22)28-34-19-38(37-28)24-13-15-25(16-14-24)40-30(31,32)33/h5-17,19-21H,4,18H2,1-3H3. The molecule has 0 radical (unpaired) electrons. The van der Waals surface area contributed by atoms with Crippen LogP contribution in [-0.2, 0) is 0 Å². The van der Waals surface area contributed by atoms with Crippen LogP contribution in [0.5, 0.6) is 5.75 Å². The van der Waals surface area contributed by atoms with Crippen LogP contribution in [0, 0.1) is 0 Å². The van der Waals surface area contributed by atoms with E-state index in [0.29, 0.717) is 23.5 Å². The number of hydrogen-bond acceptors (Lipinski definition) is 6. The zero-order valence-corrected chi connectivity index (χ0v) is 23.6. The Kier molecular flexibility index (Phi) is 8.44. The Bertz CT molecular complexity index is 1530. The van der Waals surface area contributed by atoms with Gasteiger partial charge in [0.1, 0.15) is 12.1 Å². The first kappa shape index (κ1) is 28.4. The molecule has 0 N–H and O–H groups in total. The third-order valence-electron chi connectivity index (χ3n) is 6.79. The van der Waals surface area contributed by atoms with Crippen LogP contribution in [0.2, 0.25) is 0 Å². The van der Waals surface area contributed by atoms with E-state index in [-0.39, 0.29) is 5.75 Å². The van der Waals surface area contributed by atoms with E-state index in [0.717, 1.165) is 28.5 Å². The summed E-state index contributed by atoms with van der Waals surface area (Å²) >= 11 is 1.71. The van der Waals surface area contributed by atoms with Crippen molar-refractivity contribution in [2.24, 2.45) is 10.2 Å². The zero-order valence-electron chi connectivity index (χ0n) is 22.8. The number of amidine groups is 1. The summed E-state index contributed by atoms with van der Waals surface area (Å²) in [5.41, 5.74) is 4.73. The monoisotopic (exact) mass is 578 g/mol. The van der Waals surface area contributed by atoms with E-state index in [9.17, 15) is 13.2 Å². The smallest absolute Gasteiger partial charge is 0.406 e. The second kappa shape index (κ2) is 12.2. The molecule has 2 unspecified atom stereocenters. The van der Waals surface area contributed by atoms with E-state index >= 15 is 0 Å². The second-order valence-corrected chi connectivity index (χ2v) is 10.7. The number of anilines is 1. The highest BCUT2D eigenvalue weighted by molar-refractivity contribution is 8.14. The van der Waals surface area contributed by atoms with E-state index in [2.05, 4.69) is 75.0 Å². The molecule has 41 heavy (non-hydrogen) atoms. The molecule has 212 valence electrons. The van der Waals surface area contributed by atoms with Gasteiger partial charge >= 0.3 is 6.36 Å². The van der Waals surface area contributed by atoms with E-state index in [4.69, 9.17) is 0 Å². The minimum atomic E-state index is -4.74. The Labute approximate surface area is 240 Å². The largest absolute Gasteiger partial charge is 0.573 e. The number of alkyl halides is 3. The predicted octanol–water partition coefficient (Wildman–Crippen LogP) is 7.68. The fourth-order valence-electron chi connectivity index (χ4n) is 4.47. The quantitative estimate of drug-likeness (QED) is 0.159. The molecule has 2 atom stereocenters. The third kappa shape index (κ3) is 6.79. The van der Waals surface area contributed by atoms with Crippen LogP contribution in [0.15, 0.2) is 89.3 Å². The van der Waals surface area contributed by atoms with Crippen molar-refractivity contribution in [2.75, 3.05) is 10.7 Å². The van der Waals surface area contributed by atoms with Crippen LogP contribution in [0.25, 0.3) is 17.1 Å². The minimum absolute atomic E-state index is 0.298. The summed E-state index contributed by atoms with van der Waals surface area (Å²) in [6.45, 7) is 6.66. The molecule has 0 aliphatic carbocycles. The molecular formula is C30H29F3N6OS. The van der Waals surface area contributed by atoms with Crippen LogP contribution < -0.4 is 9.64 Å². The van der Waals surface area contributed by atoms with Crippen LogP contribution in [0.3, 0.4) is 0 Å². The lowest BCUT2D eigenvalue weighted by Crippen LogP contribution is -2.32. The molecule has 1 saturated heterocycles. The first-order valence-corrected chi connectivity index (χ1v) is 14.2. The summed E-state index contributed by atoms with van der Waals surface area (Å²) < 4.78 is 42.6. The van der Waals surface area contributed by atoms with Gasteiger partial charge in [-0.05, 0) is 60.7 Å². The average Bonchev–Trinajstić information content (AvgIpc) is 3.60. The fourth-order valence-corrected chi connectivity index (χ4v) is 5.53. The van der Waals surface area contributed by atoms with Gasteiger partial charge in [0.05, 0.1) is 11.9 Å². The number of halogens is 3. The molecule has 4 aromatic rings. The van der Waals surface area contributed by atoms with Crippen LogP contribution in [-0.4, -0.2) is 44.3 Å². The summed E-state index contributed by atoms with van der Waals surface area (Å²) in [4.78, 5) is 6.62. The highest BCUT2D eigenvalue weighted by Crippen LogP contribution is 2.36. The second-order valence-electron chi connectivity index (χ2n) is 9.70. The van der Waals surface area contributed by atoms with Crippen LogP contribution in [0.4, 0.5) is 18.9 Å². The highest BCUT2D eigenvalue weighted by Gasteiger charge is 2.31. The number of ether oxygens (including phenoxy) is 1. The molecule has 1 aliphatic heterocycles. The van der Waals surface area contributed by atoms with Crippen molar-refractivity contribution < 1.29 is 17.9 Å². The number of benzene rings is 3. The van der Waals surface area contributed by atoms with Gasteiger partial charge in [0.25, 0.3) is 0 Å². The molecule has 5 rings (SSSR count). The zero-order chi connectivity index (χ0) is 29.0. The SMILES string of the molecule is CCC(C)c1ccccc1N1C(=NN=Cc2ccc(-c3ncn(-c4ccc(OC(F)(F)F)cc4)n3)cc2)SCC1C. The van der Waals surface area contributed by atoms with Gasteiger partial charge in [-0.15, -0.1) is 23.4 Å². The first-order chi connectivity index (χ1) is 19.7. The molecule has 0 amide bonds. The van der Waals surface area contributed by atoms with Crippen molar-refractivity contribution in [3.8, 4) is 22.8 Å².